The maximum absolute atomic E-state index is 6.30. The lowest BCUT2D eigenvalue weighted by Crippen LogP contribution is -2.30. The van der Waals surface area contributed by atoms with E-state index in [0.29, 0.717) is 0 Å². The fourth-order valence-electron chi connectivity index (χ4n) is 3.10. The quantitative estimate of drug-likeness (QED) is 0.834. The zero-order valence-corrected chi connectivity index (χ0v) is 12.1. The summed E-state index contributed by atoms with van der Waals surface area (Å²) in [5.41, 5.74) is 10.3. The fraction of sp³-hybridized carbons (Fsp3) is 0.375. The van der Waals surface area contributed by atoms with Gasteiger partial charge in [-0.05, 0) is 48.1 Å². The molecule has 1 aliphatic carbocycles. The number of benzene rings is 1. The highest BCUT2D eigenvalue weighted by Gasteiger charge is 2.32. The molecule has 0 radical (unpaired) electrons. The molecule has 1 aliphatic rings. The van der Waals surface area contributed by atoms with Gasteiger partial charge in [-0.2, -0.15) is 0 Å². The van der Waals surface area contributed by atoms with Crippen molar-refractivity contribution in [1.82, 2.24) is 4.57 Å². The SMILES string of the molecule is CC1(C)Cc2c(ccn2-c2cccc(Cl)c2)C(N)C1. The summed E-state index contributed by atoms with van der Waals surface area (Å²) in [6.45, 7) is 4.57. The van der Waals surface area contributed by atoms with E-state index in [4.69, 9.17) is 17.3 Å². The van der Waals surface area contributed by atoms with Gasteiger partial charge in [-0.3, -0.25) is 0 Å². The predicted molar refractivity (Wildman–Crippen MR) is 79.8 cm³/mol. The topological polar surface area (TPSA) is 30.9 Å². The molecule has 2 nitrogen and oxygen atoms in total. The predicted octanol–water partition coefficient (Wildman–Crippen LogP) is 4.10. The normalized spacial score (nSPS) is 21.2. The van der Waals surface area contributed by atoms with Gasteiger partial charge < -0.3 is 10.3 Å². The largest absolute Gasteiger partial charge is 0.324 e. The summed E-state index contributed by atoms with van der Waals surface area (Å²) in [5, 5.41) is 0.763. The Kier molecular flexibility index (Phi) is 2.95. The van der Waals surface area contributed by atoms with Crippen LogP contribution >= 0.6 is 11.6 Å². The maximum Gasteiger partial charge on any atom is 0.0467 e. The minimum Gasteiger partial charge on any atom is -0.324 e. The first-order valence-corrected chi connectivity index (χ1v) is 7.06. The van der Waals surface area contributed by atoms with Gasteiger partial charge in [0.05, 0.1) is 0 Å². The number of rotatable bonds is 1. The van der Waals surface area contributed by atoms with E-state index < -0.39 is 0 Å². The Morgan fingerprint density at radius 3 is 2.84 bits per heavy atom. The summed E-state index contributed by atoms with van der Waals surface area (Å²) in [6, 6.07) is 10.2. The molecule has 0 bridgehead atoms. The van der Waals surface area contributed by atoms with Gasteiger partial charge in [-0.1, -0.05) is 31.5 Å². The summed E-state index contributed by atoms with van der Waals surface area (Å²) in [6.07, 6.45) is 4.20. The number of nitrogens with two attached hydrogens (primary N) is 1. The highest BCUT2D eigenvalue weighted by Crippen LogP contribution is 2.40. The first kappa shape index (κ1) is 12.8. The molecule has 100 valence electrons. The molecular formula is C16H19ClN2. The molecule has 1 aromatic carbocycles. The Labute approximate surface area is 119 Å². The van der Waals surface area contributed by atoms with Crippen LogP contribution in [0.25, 0.3) is 5.69 Å². The summed E-state index contributed by atoms with van der Waals surface area (Å²) in [4.78, 5) is 0. The van der Waals surface area contributed by atoms with Crippen molar-refractivity contribution in [1.29, 1.82) is 0 Å². The summed E-state index contributed by atoms with van der Waals surface area (Å²) in [5.74, 6) is 0. The van der Waals surface area contributed by atoms with Crippen molar-refractivity contribution in [3.63, 3.8) is 0 Å². The molecule has 0 aliphatic heterocycles. The van der Waals surface area contributed by atoms with Crippen LogP contribution in [-0.4, -0.2) is 4.57 Å². The van der Waals surface area contributed by atoms with Crippen LogP contribution in [0.15, 0.2) is 36.5 Å². The number of hydrogen-bond donors (Lipinski definition) is 1. The standard InChI is InChI=1S/C16H19ClN2/c1-16(2)9-14(18)13-6-7-19(15(13)10-16)12-5-3-4-11(17)8-12/h3-8,14H,9-10,18H2,1-2H3. The molecule has 0 spiro atoms. The number of hydrogen-bond acceptors (Lipinski definition) is 1. The van der Waals surface area contributed by atoms with Gasteiger partial charge in [0.25, 0.3) is 0 Å². The summed E-state index contributed by atoms with van der Waals surface area (Å²) >= 11 is 6.09. The Bertz CT molecular complexity index is 613. The molecule has 3 rings (SSSR count). The Morgan fingerprint density at radius 1 is 1.32 bits per heavy atom. The molecule has 1 heterocycles. The summed E-state index contributed by atoms with van der Waals surface area (Å²) in [7, 11) is 0. The van der Waals surface area contributed by atoms with Crippen LogP contribution in [0.4, 0.5) is 0 Å². The van der Waals surface area contributed by atoms with Gasteiger partial charge in [0.2, 0.25) is 0 Å². The maximum atomic E-state index is 6.30. The van der Waals surface area contributed by atoms with Crippen LogP contribution < -0.4 is 5.73 Å². The van der Waals surface area contributed by atoms with E-state index in [1.165, 1.54) is 11.3 Å². The highest BCUT2D eigenvalue weighted by molar-refractivity contribution is 6.30. The Hall–Kier alpha value is -1.25. The molecular weight excluding hydrogens is 256 g/mol. The van der Waals surface area contributed by atoms with Crippen molar-refractivity contribution in [3.05, 3.63) is 52.8 Å². The number of halogens is 1. The molecule has 3 heteroatoms. The lowest BCUT2D eigenvalue weighted by atomic mass is 9.74. The van der Waals surface area contributed by atoms with Crippen LogP contribution in [0.5, 0.6) is 0 Å². The third-order valence-electron chi connectivity index (χ3n) is 3.93. The van der Waals surface area contributed by atoms with Gasteiger partial charge in [0.15, 0.2) is 0 Å². The molecule has 0 saturated carbocycles. The van der Waals surface area contributed by atoms with E-state index in [9.17, 15) is 0 Å². The molecule has 0 fully saturated rings. The van der Waals surface area contributed by atoms with Crippen LogP contribution in [-0.2, 0) is 6.42 Å². The summed E-state index contributed by atoms with van der Waals surface area (Å²) < 4.78 is 2.22. The van der Waals surface area contributed by atoms with Crippen molar-refractivity contribution in [2.45, 2.75) is 32.7 Å². The molecule has 1 aromatic heterocycles. The second kappa shape index (κ2) is 4.39. The second-order valence-electron chi connectivity index (χ2n) is 6.22. The highest BCUT2D eigenvalue weighted by atomic mass is 35.5. The molecule has 1 unspecified atom stereocenters. The lowest BCUT2D eigenvalue weighted by molar-refractivity contribution is 0.278. The average molecular weight is 275 g/mol. The average Bonchev–Trinajstić information content (AvgIpc) is 2.71. The smallest absolute Gasteiger partial charge is 0.0467 e. The monoisotopic (exact) mass is 274 g/mol. The molecule has 0 saturated heterocycles. The Balaban J connectivity index is 2.11. The van der Waals surface area contributed by atoms with E-state index in [-0.39, 0.29) is 11.5 Å². The third kappa shape index (κ3) is 2.31. The van der Waals surface area contributed by atoms with Crippen molar-refractivity contribution in [2.75, 3.05) is 0 Å². The van der Waals surface area contributed by atoms with E-state index in [2.05, 4.69) is 36.7 Å². The third-order valence-corrected chi connectivity index (χ3v) is 4.17. The van der Waals surface area contributed by atoms with E-state index in [1.54, 1.807) is 0 Å². The first-order valence-electron chi connectivity index (χ1n) is 6.68. The first-order chi connectivity index (χ1) is 8.96. The number of fused-ring (bicyclic) bond motifs is 1. The van der Waals surface area contributed by atoms with Crippen molar-refractivity contribution >= 4 is 11.6 Å². The van der Waals surface area contributed by atoms with Gasteiger partial charge in [-0.25, -0.2) is 0 Å². The minimum atomic E-state index is 0.138. The molecule has 2 aromatic rings. The van der Waals surface area contributed by atoms with Crippen LogP contribution in [0.1, 0.15) is 37.6 Å². The zero-order chi connectivity index (χ0) is 13.6. The zero-order valence-electron chi connectivity index (χ0n) is 11.4. The fourth-order valence-corrected chi connectivity index (χ4v) is 3.29. The van der Waals surface area contributed by atoms with E-state index >= 15 is 0 Å². The van der Waals surface area contributed by atoms with Crippen LogP contribution in [0.3, 0.4) is 0 Å². The molecule has 2 N–H and O–H groups in total. The van der Waals surface area contributed by atoms with E-state index in [0.717, 1.165) is 23.6 Å². The van der Waals surface area contributed by atoms with Crippen LogP contribution in [0, 0.1) is 5.41 Å². The number of nitrogens with zero attached hydrogens (tertiary/aromatic N) is 1. The van der Waals surface area contributed by atoms with Crippen molar-refractivity contribution in [3.8, 4) is 5.69 Å². The Morgan fingerprint density at radius 2 is 2.11 bits per heavy atom. The van der Waals surface area contributed by atoms with Crippen molar-refractivity contribution in [2.24, 2.45) is 11.1 Å². The van der Waals surface area contributed by atoms with Gasteiger partial charge >= 0.3 is 0 Å². The van der Waals surface area contributed by atoms with Crippen LogP contribution in [0.2, 0.25) is 5.02 Å². The molecule has 0 amide bonds. The van der Waals surface area contributed by atoms with Gasteiger partial charge in [0, 0.05) is 28.6 Å². The molecule has 1 atom stereocenters. The van der Waals surface area contributed by atoms with E-state index in [1.807, 2.05) is 18.2 Å². The van der Waals surface area contributed by atoms with Crippen molar-refractivity contribution < 1.29 is 0 Å². The lowest BCUT2D eigenvalue weighted by Gasteiger charge is -2.34. The number of aromatic nitrogens is 1. The van der Waals surface area contributed by atoms with Gasteiger partial charge in [-0.15, -0.1) is 0 Å². The second-order valence-corrected chi connectivity index (χ2v) is 6.66. The minimum absolute atomic E-state index is 0.138. The van der Waals surface area contributed by atoms with Gasteiger partial charge in [0.1, 0.15) is 0 Å². The molecule has 19 heavy (non-hydrogen) atoms.